The summed E-state index contributed by atoms with van der Waals surface area (Å²) in [4.78, 5) is 34.0. The largest absolute Gasteiger partial charge is 0.478 e. The van der Waals surface area contributed by atoms with E-state index in [1.165, 1.54) is 25.3 Å². The van der Waals surface area contributed by atoms with Gasteiger partial charge in [-0.15, -0.1) is 0 Å². The molecule has 1 aliphatic rings. The fourth-order valence-corrected chi connectivity index (χ4v) is 1.71. The number of carboxylic acids is 1. The maximum Gasteiger partial charge on any atom is 0.360 e. The van der Waals surface area contributed by atoms with E-state index in [0.29, 0.717) is 0 Å². The summed E-state index contributed by atoms with van der Waals surface area (Å²) in [5.74, 6) is -2.83. The maximum atomic E-state index is 13.3. The fraction of sp³-hybridized carbons (Fsp3) is 0.300. The molecule has 0 spiro atoms. The molecule has 1 aromatic heterocycles. The highest BCUT2D eigenvalue weighted by molar-refractivity contribution is 6.08. The van der Waals surface area contributed by atoms with Crippen molar-refractivity contribution in [1.29, 1.82) is 0 Å². The molecule has 0 saturated carbocycles. The Balaban J connectivity index is 2.38. The van der Waals surface area contributed by atoms with Crippen LogP contribution in [0.25, 0.3) is 0 Å². The maximum absolute atomic E-state index is 13.3. The topological polar surface area (TPSA) is 99.8 Å². The number of nitrogens with one attached hydrogen (secondary N) is 1. The third-order valence-corrected chi connectivity index (χ3v) is 2.67. The van der Waals surface area contributed by atoms with Crippen LogP contribution in [-0.2, 0) is 15.1 Å². The van der Waals surface area contributed by atoms with E-state index in [4.69, 9.17) is 9.52 Å². The first kappa shape index (κ1) is 12.1. The molecule has 2 N–H and O–H groups in total. The number of aliphatic carboxylic acids is 1. The SMILES string of the molecule is CC1(c2ccco2)NC(=O)N(C(F)C(=O)O)C1=O. The Hall–Kier alpha value is -2.38. The van der Waals surface area contributed by atoms with E-state index < -0.39 is 29.7 Å². The lowest BCUT2D eigenvalue weighted by atomic mass is 9.99. The zero-order valence-corrected chi connectivity index (χ0v) is 9.21. The molecule has 0 radical (unpaired) electrons. The zero-order chi connectivity index (χ0) is 13.5. The Morgan fingerprint density at radius 3 is 2.78 bits per heavy atom. The lowest BCUT2D eigenvalue weighted by Crippen LogP contribution is -2.44. The normalized spacial score (nSPS) is 25.1. The van der Waals surface area contributed by atoms with Crippen LogP contribution in [0.2, 0.25) is 0 Å². The Labute approximate surface area is 100 Å². The second-order valence-electron chi connectivity index (χ2n) is 3.88. The van der Waals surface area contributed by atoms with Crippen molar-refractivity contribution in [3.05, 3.63) is 24.2 Å². The molecule has 1 aliphatic heterocycles. The Morgan fingerprint density at radius 2 is 2.28 bits per heavy atom. The second-order valence-corrected chi connectivity index (χ2v) is 3.88. The van der Waals surface area contributed by atoms with Crippen LogP contribution in [0.1, 0.15) is 12.7 Å². The predicted octanol–water partition coefficient (Wildman–Crippen LogP) is 0.427. The first-order valence-electron chi connectivity index (χ1n) is 4.94. The van der Waals surface area contributed by atoms with Gasteiger partial charge in [-0.25, -0.2) is 18.9 Å². The van der Waals surface area contributed by atoms with Gasteiger partial charge in [0.1, 0.15) is 5.76 Å². The van der Waals surface area contributed by atoms with Crippen LogP contribution in [0.3, 0.4) is 0 Å². The quantitative estimate of drug-likeness (QED) is 0.603. The molecule has 8 heteroatoms. The van der Waals surface area contributed by atoms with Gasteiger partial charge in [-0.05, 0) is 19.1 Å². The molecule has 2 atom stereocenters. The van der Waals surface area contributed by atoms with Gasteiger partial charge in [0.25, 0.3) is 12.2 Å². The molecule has 0 aromatic carbocycles. The monoisotopic (exact) mass is 256 g/mol. The van der Waals surface area contributed by atoms with Gasteiger partial charge in [0, 0.05) is 0 Å². The number of halogens is 1. The first-order chi connectivity index (χ1) is 8.38. The molecular formula is C10H9FN2O5. The highest BCUT2D eigenvalue weighted by Crippen LogP contribution is 2.30. The van der Waals surface area contributed by atoms with E-state index >= 15 is 0 Å². The number of carbonyl (C=O) groups is 3. The third kappa shape index (κ3) is 1.53. The van der Waals surface area contributed by atoms with Crippen LogP contribution in [0.4, 0.5) is 9.18 Å². The average molecular weight is 256 g/mol. The standard InChI is InChI=1S/C10H9FN2O5/c1-10(5-3-2-4-18-5)8(16)13(9(17)12-10)6(11)7(14)15/h2-4,6H,1H3,(H,12,17)(H,14,15). The van der Waals surface area contributed by atoms with Crippen LogP contribution in [0.5, 0.6) is 0 Å². The van der Waals surface area contributed by atoms with Gasteiger partial charge < -0.3 is 14.8 Å². The van der Waals surface area contributed by atoms with Crippen molar-refractivity contribution in [3.63, 3.8) is 0 Å². The molecule has 3 amide bonds. The number of imide groups is 1. The molecule has 0 bridgehead atoms. The number of hydrogen-bond donors (Lipinski definition) is 2. The molecule has 96 valence electrons. The van der Waals surface area contributed by atoms with Gasteiger partial charge in [-0.2, -0.15) is 0 Å². The van der Waals surface area contributed by atoms with Crippen molar-refractivity contribution in [2.45, 2.75) is 18.8 Å². The summed E-state index contributed by atoms with van der Waals surface area (Å²) in [6, 6.07) is 1.80. The Bertz CT molecular complexity index is 514. The molecular weight excluding hydrogens is 247 g/mol. The van der Waals surface area contributed by atoms with Crippen molar-refractivity contribution in [3.8, 4) is 0 Å². The molecule has 2 unspecified atom stereocenters. The smallest absolute Gasteiger partial charge is 0.360 e. The summed E-state index contributed by atoms with van der Waals surface area (Å²) in [6.07, 6.45) is -1.44. The van der Waals surface area contributed by atoms with E-state index in [9.17, 15) is 18.8 Å². The second kappa shape index (κ2) is 3.83. The molecule has 1 saturated heterocycles. The average Bonchev–Trinajstić information content (AvgIpc) is 2.88. The number of amides is 3. The predicted molar refractivity (Wildman–Crippen MR) is 54.0 cm³/mol. The van der Waals surface area contributed by atoms with Crippen molar-refractivity contribution >= 4 is 17.9 Å². The molecule has 1 fully saturated rings. The molecule has 7 nitrogen and oxygen atoms in total. The summed E-state index contributed by atoms with van der Waals surface area (Å²) in [7, 11) is 0. The minimum atomic E-state index is -2.73. The number of alkyl halides is 1. The molecule has 2 heterocycles. The van der Waals surface area contributed by atoms with Crippen molar-refractivity contribution in [2.24, 2.45) is 0 Å². The van der Waals surface area contributed by atoms with Crippen molar-refractivity contribution < 1.29 is 28.3 Å². The van der Waals surface area contributed by atoms with Gasteiger partial charge >= 0.3 is 12.0 Å². The van der Waals surface area contributed by atoms with Crippen molar-refractivity contribution in [1.82, 2.24) is 10.2 Å². The van der Waals surface area contributed by atoms with Gasteiger partial charge in [0.15, 0.2) is 5.54 Å². The van der Waals surface area contributed by atoms with Gasteiger partial charge in [0.05, 0.1) is 6.26 Å². The summed E-state index contributed by atoms with van der Waals surface area (Å²) in [5, 5.41) is 10.7. The van der Waals surface area contributed by atoms with E-state index in [1.54, 1.807) is 0 Å². The lowest BCUT2D eigenvalue weighted by molar-refractivity contribution is -0.154. The zero-order valence-electron chi connectivity index (χ0n) is 9.21. The number of hydrogen-bond acceptors (Lipinski definition) is 4. The Morgan fingerprint density at radius 1 is 1.61 bits per heavy atom. The summed E-state index contributed by atoms with van der Waals surface area (Å²) in [5.41, 5.74) is -1.60. The highest BCUT2D eigenvalue weighted by Gasteiger charge is 2.54. The third-order valence-electron chi connectivity index (χ3n) is 2.67. The highest BCUT2D eigenvalue weighted by atomic mass is 19.1. The van der Waals surface area contributed by atoms with Crippen LogP contribution < -0.4 is 5.32 Å². The minimum Gasteiger partial charge on any atom is -0.478 e. The van der Waals surface area contributed by atoms with E-state index in [2.05, 4.69) is 5.32 Å². The van der Waals surface area contributed by atoms with Gasteiger partial charge in [-0.1, -0.05) is 0 Å². The summed E-state index contributed by atoms with van der Waals surface area (Å²) >= 11 is 0. The number of nitrogens with zero attached hydrogens (tertiary/aromatic N) is 1. The number of carboxylic acid groups (broad SMARTS) is 1. The van der Waals surface area contributed by atoms with Crippen LogP contribution in [0.15, 0.2) is 22.8 Å². The minimum absolute atomic E-state index is 0.0187. The summed E-state index contributed by atoms with van der Waals surface area (Å²) < 4.78 is 18.3. The van der Waals surface area contributed by atoms with Crippen LogP contribution in [-0.4, -0.2) is 34.2 Å². The number of furan rings is 1. The van der Waals surface area contributed by atoms with Crippen LogP contribution >= 0.6 is 0 Å². The van der Waals surface area contributed by atoms with Gasteiger partial charge in [0.2, 0.25) is 0 Å². The van der Waals surface area contributed by atoms with Crippen LogP contribution in [0, 0.1) is 0 Å². The molecule has 2 rings (SSSR count). The van der Waals surface area contributed by atoms with E-state index in [-0.39, 0.29) is 10.7 Å². The number of urea groups is 1. The first-order valence-corrected chi connectivity index (χ1v) is 4.94. The van der Waals surface area contributed by atoms with Crippen molar-refractivity contribution in [2.75, 3.05) is 0 Å². The lowest BCUT2D eigenvalue weighted by Gasteiger charge is -2.19. The fourth-order valence-electron chi connectivity index (χ4n) is 1.71. The van der Waals surface area contributed by atoms with E-state index in [0.717, 1.165) is 0 Å². The van der Waals surface area contributed by atoms with E-state index in [1.807, 2.05) is 0 Å². The Kier molecular flexibility index (Phi) is 2.57. The number of rotatable bonds is 3. The number of carbonyl (C=O) groups excluding carboxylic acids is 2. The molecule has 18 heavy (non-hydrogen) atoms. The summed E-state index contributed by atoms with van der Waals surface area (Å²) in [6.45, 7) is 1.31. The van der Waals surface area contributed by atoms with Gasteiger partial charge in [-0.3, -0.25) is 4.79 Å². The molecule has 0 aliphatic carbocycles. The molecule has 1 aromatic rings.